The summed E-state index contributed by atoms with van der Waals surface area (Å²) in [5.41, 5.74) is 4.64. The number of aryl methyl sites for hydroxylation is 1. The molecule has 3 aromatic carbocycles. The average Bonchev–Trinajstić information content (AvgIpc) is 3.17. The van der Waals surface area contributed by atoms with E-state index in [0.29, 0.717) is 18.1 Å². The molecule has 0 saturated heterocycles. The fraction of sp³-hybridized carbons (Fsp3) is 0.231. The lowest BCUT2D eigenvalue weighted by Gasteiger charge is -2.09. The molecule has 0 aliphatic heterocycles. The number of amides is 1. The van der Waals surface area contributed by atoms with Gasteiger partial charge in [0.15, 0.2) is 0 Å². The van der Waals surface area contributed by atoms with Crippen LogP contribution in [0.25, 0.3) is 20.8 Å². The highest BCUT2D eigenvalue weighted by Crippen LogP contribution is 2.31. The molecule has 1 aromatic heterocycles. The summed E-state index contributed by atoms with van der Waals surface area (Å²) in [6.45, 7) is 7.11. The summed E-state index contributed by atoms with van der Waals surface area (Å²) in [4.78, 5) is 17.3. The van der Waals surface area contributed by atoms with E-state index in [9.17, 15) is 4.79 Å². The number of aromatic nitrogens is 1. The first-order valence-electron chi connectivity index (χ1n) is 10.5. The second kappa shape index (κ2) is 9.31. The maximum absolute atomic E-state index is 12.6. The minimum Gasteiger partial charge on any atom is -0.494 e. The quantitative estimate of drug-likeness (QED) is 0.345. The number of benzene rings is 3. The van der Waals surface area contributed by atoms with Crippen molar-refractivity contribution in [2.75, 3.05) is 11.9 Å². The second-order valence-electron chi connectivity index (χ2n) is 8.08. The first kappa shape index (κ1) is 21.1. The van der Waals surface area contributed by atoms with Gasteiger partial charge >= 0.3 is 0 Å². The number of thiazole rings is 1. The molecule has 158 valence electrons. The molecule has 0 bridgehead atoms. The lowest BCUT2D eigenvalue weighted by Crippen LogP contribution is -2.11. The first-order valence-corrected chi connectivity index (χ1v) is 11.3. The van der Waals surface area contributed by atoms with E-state index in [1.165, 1.54) is 10.3 Å². The Hall–Kier alpha value is -3.18. The topological polar surface area (TPSA) is 51.2 Å². The molecular weight excluding hydrogens is 404 g/mol. The van der Waals surface area contributed by atoms with Crippen molar-refractivity contribution in [2.45, 2.75) is 27.2 Å². The predicted molar refractivity (Wildman–Crippen MR) is 129 cm³/mol. The summed E-state index contributed by atoms with van der Waals surface area (Å²) in [5.74, 6) is 1.25. The molecule has 1 heterocycles. The van der Waals surface area contributed by atoms with Gasteiger partial charge in [-0.15, -0.1) is 11.3 Å². The highest BCUT2D eigenvalue weighted by molar-refractivity contribution is 7.21. The Morgan fingerprint density at radius 3 is 2.48 bits per heavy atom. The predicted octanol–water partition coefficient (Wildman–Crippen LogP) is 6.95. The van der Waals surface area contributed by atoms with Gasteiger partial charge in [0.1, 0.15) is 10.8 Å². The van der Waals surface area contributed by atoms with Crippen LogP contribution < -0.4 is 10.1 Å². The van der Waals surface area contributed by atoms with Crippen LogP contribution in [0.5, 0.6) is 5.75 Å². The molecule has 0 spiro atoms. The molecule has 0 aliphatic rings. The van der Waals surface area contributed by atoms with E-state index < -0.39 is 0 Å². The van der Waals surface area contributed by atoms with Crippen molar-refractivity contribution in [3.63, 3.8) is 0 Å². The van der Waals surface area contributed by atoms with E-state index in [4.69, 9.17) is 9.72 Å². The Kier molecular flexibility index (Phi) is 6.33. The maximum Gasteiger partial charge on any atom is 0.255 e. The van der Waals surface area contributed by atoms with Gasteiger partial charge in [-0.2, -0.15) is 0 Å². The molecule has 4 aromatic rings. The maximum atomic E-state index is 12.6. The molecular formula is C26H26N2O2S. The fourth-order valence-electron chi connectivity index (χ4n) is 3.17. The van der Waals surface area contributed by atoms with Crippen LogP contribution in [-0.4, -0.2) is 17.5 Å². The van der Waals surface area contributed by atoms with Crippen molar-refractivity contribution >= 4 is 33.1 Å². The van der Waals surface area contributed by atoms with E-state index in [0.717, 1.165) is 33.9 Å². The number of hydrogen-bond acceptors (Lipinski definition) is 4. The first-order chi connectivity index (χ1) is 15.0. The number of ether oxygens (including phenoxy) is 1. The molecule has 0 unspecified atom stereocenters. The summed E-state index contributed by atoms with van der Waals surface area (Å²) in [7, 11) is 0. The number of carbonyl (C=O) groups excluding carboxylic acids is 1. The molecule has 0 radical (unpaired) electrons. The van der Waals surface area contributed by atoms with Gasteiger partial charge in [-0.3, -0.25) is 4.79 Å². The average molecular weight is 431 g/mol. The number of nitrogens with one attached hydrogen (secondary N) is 1. The standard InChI is InChI=1S/C26H26N2O2S/c1-17(2)14-15-30-22-11-7-19(8-12-22)25(29)27-21-9-5-20(6-10-21)26-28-23-13-4-18(3)16-24(23)31-26/h4-13,16-17H,14-15H2,1-3H3,(H,27,29). The van der Waals surface area contributed by atoms with E-state index >= 15 is 0 Å². The number of hydrogen-bond donors (Lipinski definition) is 1. The van der Waals surface area contributed by atoms with Crippen LogP contribution in [0.15, 0.2) is 66.7 Å². The van der Waals surface area contributed by atoms with Gasteiger partial charge in [0, 0.05) is 16.8 Å². The third-order valence-corrected chi connectivity index (χ3v) is 6.08. The summed E-state index contributed by atoms with van der Waals surface area (Å²) >= 11 is 1.68. The van der Waals surface area contributed by atoms with Crippen molar-refractivity contribution in [3.05, 3.63) is 77.9 Å². The van der Waals surface area contributed by atoms with Gasteiger partial charge in [0.2, 0.25) is 0 Å². The molecule has 0 saturated carbocycles. The zero-order valence-electron chi connectivity index (χ0n) is 18.0. The third kappa shape index (κ3) is 5.30. The Bertz CT molecular complexity index is 1180. The highest BCUT2D eigenvalue weighted by atomic mass is 32.1. The zero-order valence-corrected chi connectivity index (χ0v) is 18.8. The molecule has 0 aliphatic carbocycles. The monoisotopic (exact) mass is 430 g/mol. The molecule has 4 rings (SSSR count). The van der Waals surface area contributed by atoms with Gasteiger partial charge in [-0.25, -0.2) is 4.98 Å². The second-order valence-corrected chi connectivity index (χ2v) is 9.11. The molecule has 1 N–H and O–H groups in total. The Morgan fingerprint density at radius 1 is 1.03 bits per heavy atom. The lowest BCUT2D eigenvalue weighted by atomic mass is 10.1. The van der Waals surface area contributed by atoms with Crippen LogP contribution in [-0.2, 0) is 0 Å². The van der Waals surface area contributed by atoms with E-state index in [1.807, 2.05) is 36.4 Å². The van der Waals surface area contributed by atoms with E-state index in [2.05, 4.69) is 44.3 Å². The van der Waals surface area contributed by atoms with Crippen molar-refractivity contribution < 1.29 is 9.53 Å². The molecule has 0 atom stereocenters. The van der Waals surface area contributed by atoms with Gasteiger partial charge in [0.25, 0.3) is 5.91 Å². The number of carbonyl (C=O) groups is 1. The van der Waals surface area contributed by atoms with Crippen LogP contribution >= 0.6 is 11.3 Å². The Balaban J connectivity index is 1.39. The summed E-state index contributed by atoms with van der Waals surface area (Å²) in [6, 6.07) is 21.4. The van der Waals surface area contributed by atoms with Crippen LogP contribution in [0.4, 0.5) is 5.69 Å². The van der Waals surface area contributed by atoms with Crippen molar-refractivity contribution in [1.82, 2.24) is 4.98 Å². The largest absolute Gasteiger partial charge is 0.494 e. The number of rotatable bonds is 7. The number of nitrogens with zero attached hydrogens (tertiary/aromatic N) is 1. The molecule has 0 fully saturated rings. The van der Waals surface area contributed by atoms with Crippen LogP contribution in [0, 0.1) is 12.8 Å². The molecule has 4 nitrogen and oxygen atoms in total. The number of anilines is 1. The molecule has 5 heteroatoms. The van der Waals surface area contributed by atoms with Crippen LogP contribution in [0.1, 0.15) is 36.2 Å². The minimum atomic E-state index is -0.142. The minimum absolute atomic E-state index is 0.142. The molecule has 1 amide bonds. The number of fused-ring (bicyclic) bond motifs is 1. The van der Waals surface area contributed by atoms with Crippen LogP contribution in [0.2, 0.25) is 0 Å². The third-order valence-electron chi connectivity index (χ3n) is 5.01. The summed E-state index contributed by atoms with van der Waals surface area (Å²) in [6.07, 6.45) is 1.01. The normalized spacial score (nSPS) is 11.1. The van der Waals surface area contributed by atoms with E-state index in [-0.39, 0.29) is 5.91 Å². The molecule has 31 heavy (non-hydrogen) atoms. The Labute approximate surface area is 186 Å². The van der Waals surface area contributed by atoms with Gasteiger partial charge in [-0.1, -0.05) is 19.9 Å². The lowest BCUT2D eigenvalue weighted by molar-refractivity contribution is 0.102. The summed E-state index contributed by atoms with van der Waals surface area (Å²) in [5, 5.41) is 3.93. The SMILES string of the molecule is Cc1ccc2nc(-c3ccc(NC(=O)c4ccc(OCCC(C)C)cc4)cc3)sc2c1. The highest BCUT2D eigenvalue weighted by Gasteiger charge is 2.09. The van der Waals surface area contributed by atoms with Crippen molar-refractivity contribution in [3.8, 4) is 16.3 Å². The smallest absolute Gasteiger partial charge is 0.255 e. The van der Waals surface area contributed by atoms with Crippen LogP contribution in [0.3, 0.4) is 0 Å². The summed E-state index contributed by atoms with van der Waals surface area (Å²) < 4.78 is 6.90. The van der Waals surface area contributed by atoms with Gasteiger partial charge < -0.3 is 10.1 Å². The van der Waals surface area contributed by atoms with Gasteiger partial charge in [0.05, 0.1) is 16.8 Å². The van der Waals surface area contributed by atoms with Gasteiger partial charge in [-0.05, 0) is 85.5 Å². The Morgan fingerprint density at radius 2 is 1.77 bits per heavy atom. The van der Waals surface area contributed by atoms with Crippen molar-refractivity contribution in [2.24, 2.45) is 5.92 Å². The fourth-order valence-corrected chi connectivity index (χ4v) is 4.24. The zero-order chi connectivity index (χ0) is 21.8. The van der Waals surface area contributed by atoms with Crippen molar-refractivity contribution in [1.29, 1.82) is 0 Å². The van der Waals surface area contributed by atoms with E-state index in [1.54, 1.807) is 23.5 Å².